The van der Waals surface area contributed by atoms with Crippen LogP contribution in [0.4, 0.5) is 0 Å². The molecule has 1 N–H and O–H groups in total. The average molecular weight is 375 g/mol. The van der Waals surface area contributed by atoms with Gasteiger partial charge in [0.05, 0.1) is 21.8 Å². The summed E-state index contributed by atoms with van der Waals surface area (Å²) in [6.45, 7) is 1.01. The highest BCUT2D eigenvalue weighted by molar-refractivity contribution is 5.91. The third-order valence-corrected chi connectivity index (χ3v) is 4.93. The van der Waals surface area contributed by atoms with Gasteiger partial charge in [-0.05, 0) is 36.6 Å². The molecule has 6 heteroatoms. The maximum absolute atomic E-state index is 12.9. The van der Waals surface area contributed by atoms with Crippen molar-refractivity contribution in [3.63, 3.8) is 0 Å². The Morgan fingerprint density at radius 1 is 0.821 bits per heavy atom. The van der Waals surface area contributed by atoms with Crippen LogP contribution >= 0.6 is 0 Å². The van der Waals surface area contributed by atoms with Crippen molar-refractivity contribution in [1.29, 1.82) is 0 Å². The van der Waals surface area contributed by atoms with E-state index >= 15 is 0 Å². The average Bonchev–Trinajstić information content (AvgIpc) is 2.73. The summed E-state index contributed by atoms with van der Waals surface area (Å²) in [6.07, 6.45) is 4.69. The molecule has 0 fully saturated rings. The number of aromatic nitrogens is 3. The number of aryl methyl sites for hydroxylation is 3. The summed E-state index contributed by atoms with van der Waals surface area (Å²) >= 11 is 0. The Bertz CT molecular complexity index is 1240. The molecule has 1 aromatic carbocycles. The van der Waals surface area contributed by atoms with Crippen LogP contribution in [0.1, 0.15) is 12.0 Å². The van der Waals surface area contributed by atoms with Gasteiger partial charge < -0.3 is 14.2 Å². The normalized spacial score (nSPS) is 11.3. The van der Waals surface area contributed by atoms with Crippen molar-refractivity contribution >= 4 is 21.8 Å². The summed E-state index contributed by atoms with van der Waals surface area (Å²) in [6, 6.07) is 15.2. The van der Waals surface area contributed by atoms with Gasteiger partial charge >= 0.3 is 0 Å². The zero-order valence-corrected chi connectivity index (χ0v) is 15.4. The molecule has 0 saturated carbocycles. The Labute approximate surface area is 161 Å². The van der Waals surface area contributed by atoms with E-state index in [2.05, 4.69) is 4.98 Å². The summed E-state index contributed by atoms with van der Waals surface area (Å²) in [5.41, 5.74) is 1.98. The van der Waals surface area contributed by atoms with Crippen LogP contribution in [0, 0.1) is 0 Å². The number of pyridine rings is 3. The number of aliphatic hydroxyl groups excluding tert-OH is 1. The first-order valence-corrected chi connectivity index (χ1v) is 9.35. The third kappa shape index (κ3) is 3.46. The van der Waals surface area contributed by atoms with Gasteiger partial charge in [-0.25, -0.2) is 4.98 Å². The molecule has 28 heavy (non-hydrogen) atoms. The zero-order valence-electron chi connectivity index (χ0n) is 15.4. The number of hydrogen-bond donors (Lipinski definition) is 1. The summed E-state index contributed by atoms with van der Waals surface area (Å²) in [4.78, 5) is 30.2. The molecule has 0 unspecified atom stereocenters. The van der Waals surface area contributed by atoms with Gasteiger partial charge in [0.15, 0.2) is 0 Å². The quantitative estimate of drug-likeness (QED) is 0.525. The van der Waals surface area contributed by atoms with Crippen molar-refractivity contribution in [2.24, 2.45) is 0 Å². The minimum atomic E-state index is -0.195. The molecule has 3 heterocycles. The molecule has 0 saturated heterocycles. The monoisotopic (exact) mass is 375 g/mol. The second-order valence-electron chi connectivity index (χ2n) is 6.80. The minimum absolute atomic E-state index is 0.0204. The molecule has 3 aromatic heterocycles. The Morgan fingerprint density at radius 2 is 1.43 bits per heavy atom. The van der Waals surface area contributed by atoms with Crippen molar-refractivity contribution in [1.82, 2.24) is 14.1 Å². The van der Waals surface area contributed by atoms with Gasteiger partial charge in [-0.15, -0.1) is 0 Å². The number of fused-ring (bicyclic) bond motifs is 2. The molecule has 0 aliphatic carbocycles. The molecule has 4 aromatic rings. The highest BCUT2D eigenvalue weighted by Crippen LogP contribution is 2.14. The summed E-state index contributed by atoms with van der Waals surface area (Å²) < 4.78 is 3.21. The lowest BCUT2D eigenvalue weighted by atomic mass is 10.1. The fourth-order valence-corrected chi connectivity index (χ4v) is 3.39. The van der Waals surface area contributed by atoms with E-state index in [0.717, 1.165) is 12.0 Å². The topological polar surface area (TPSA) is 77.1 Å². The second-order valence-corrected chi connectivity index (χ2v) is 6.80. The summed E-state index contributed by atoms with van der Waals surface area (Å²) in [5.74, 6) is 0. The SMILES string of the molecule is O=c1c2cc3c(=O)n(CCc4ccccc4)ccc3nc2ccn1CCCO. The molecule has 0 aliphatic heterocycles. The smallest absolute Gasteiger partial charge is 0.260 e. The molecule has 4 rings (SSSR count). The molecular weight excluding hydrogens is 354 g/mol. The van der Waals surface area contributed by atoms with Gasteiger partial charge in [0.1, 0.15) is 0 Å². The number of benzene rings is 1. The molecule has 0 aliphatic rings. The van der Waals surface area contributed by atoms with E-state index < -0.39 is 0 Å². The van der Waals surface area contributed by atoms with E-state index in [9.17, 15) is 9.59 Å². The van der Waals surface area contributed by atoms with Crippen LogP contribution in [-0.2, 0) is 19.5 Å². The van der Waals surface area contributed by atoms with Crippen LogP contribution in [0.5, 0.6) is 0 Å². The largest absolute Gasteiger partial charge is 0.396 e. The first kappa shape index (κ1) is 18.1. The van der Waals surface area contributed by atoms with Gasteiger partial charge in [0.2, 0.25) is 0 Å². The number of hydrogen-bond acceptors (Lipinski definition) is 4. The van der Waals surface area contributed by atoms with Crippen LogP contribution in [0.3, 0.4) is 0 Å². The number of aliphatic hydroxyl groups is 1. The molecule has 142 valence electrons. The van der Waals surface area contributed by atoms with Gasteiger partial charge in [-0.1, -0.05) is 30.3 Å². The van der Waals surface area contributed by atoms with Crippen LogP contribution in [0.15, 0.2) is 70.5 Å². The lowest BCUT2D eigenvalue weighted by Crippen LogP contribution is -2.23. The lowest BCUT2D eigenvalue weighted by molar-refractivity contribution is 0.279. The lowest BCUT2D eigenvalue weighted by Gasteiger charge is -2.09. The highest BCUT2D eigenvalue weighted by Gasteiger charge is 2.10. The van der Waals surface area contributed by atoms with E-state index in [1.165, 1.54) is 0 Å². The van der Waals surface area contributed by atoms with E-state index in [-0.39, 0.29) is 17.7 Å². The predicted molar refractivity (Wildman–Crippen MR) is 110 cm³/mol. The third-order valence-electron chi connectivity index (χ3n) is 4.93. The van der Waals surface area contributed by atoms with Crippen molar-refractivity contribution in [3.8, 4) is 0 Å². The van der Waals surface area contributed by atoms with Crippen LogP contribution < -0.4 is 11.1 Å². The predicted octanol–water partition coefficient (Wildman–Crippen LogP) is 2.34. The minimum Gasteiger partial charge on any atom is -0.396 e. The van der Waals surface area contributed by atoms with Crippen molar-refractivity contribution in [3.05, 3.63) is 87.2 Å². The Morgan fingerprint density at radius 3 is 2.04 bits per heavy atom. The highest BCUT2D eigenvalue weighted by atomic mass is 16.3. The number of rotatable bonds is 6. The molecular formula is C22H21N3O3. The van der Waals surface area contributed by atoms with E-state index in [1.807, 2.05) is 36.4 Å². The summed E-state index contributed by atoms with van der Waals surface area (Å²) in [5, 5.41) is 9.87. The van der Waals surface area contributed by atoms with Gasteiger partial charge in [-0.3, -0.25) is 9.59 Å². The van der Waals surface area contributed by atoms with E-state index in [0.29, 0.717) is 41.3 Å². The van der Waals surface area contributed by atoms with Crippen molar-refractivity contribution in [2.75, 3.05) is 6.61 Å². The van der Waals surface area contributed by atoms with Crippen LogP contribution in [-0.4, -0.2) is 25.8 Å². The van der Waals surface area contributed by atoms with Gasteiger partial charge in [0, 0.05) is 32.1 Å². The van der Waals surface area contributed by atoms with Crippen molar-refractivity contribution < 1.29 is 5.11 Å². The zero-order chi connectivity index (χ0) is 19.5. The maximum Gasteiger partial charge on any atom is 0.260 e. The summed E-state index contributed by atoms with van der Waals surface area (Å²) in [7, 11) is 0. The van der Waals surface area contributed by atoms with Crippen LogP contribution in [0.2, 0.25) is 0 Å². The first-order chi connectivity index (χ1) is 13.7. The molecule has 0 amide bonds. The first-order valence-electron chi connectivity index (χ1n) is 9.35. The van der Waals surface area contributed by atoms with E-state index in [1.54, 1.807) is 33.7 Å². The number of nitrogens with zero attached hydrogens (tertiary/aromatic N) is 3. The fourth-order valence-electron chi connectivity index (χ4n) is 3.39. The fraction of sp³-hybridized carbons (Fsp3) is 0.227. The molecule has 0 spiro atoms. The molecule has 6 nitrogen and oxygen atoms in total. The van der Waals surface area contributed by atoms with Gasteiger partial charge in [-0.2, -0.15) is 0 Å². The Hall–Kier alpha value is -3.25. The van der Waals surface area contributed by atoms with Crippen LogP contribution in [0.25, 0.3) is 21.8 Å². The molecule has 0 bridgehead atoms. The Kier molecular flexibility index (Phi) is 5.04. The Balaban J connectivity index is 1.75. The second kappa shape index (κ2) is 7.78. The maximum atomic E-state index is 12.9. The molecule has 0 atom stereocenters. The standard InChI is InChI=1S/C22H21N3O3/c26-14-4-10-24-12-8-19-17(21(24)27)15-18-20(23-19)9-13-25(22(18)28)11-7-16-5-2-1-3-6-16/h1-3,5-6,8-9,12-13,15,26H,4,7,10-11,14H2. The van der Waals surface area contributed by atoms with E-state index in [4.69, 9.17) is 5.11 Å². The van der Waals surface area contributed by atoms with Crippen molar-refractivity contribution in [2.45, 2.75) is 25.9 Å². The van der Waals surface area contributed by atoms with Gasteiger partial charge in [0.25, 0.3) is 11.1 Å². The molecule has 0 radical (unpaired) electrons.